The van der Waals surface area contributed by atoms with E-state index in [9.17, 15) is 9.90 Å². The van der Waals surface area contributed by atoms with E-state index in [1.54, 1.807) is 6.07 Å². The smallest absolute Gasteiger partial charge is 0.303 e. The zero-order valence-electron chi connectivity index (χ0n) is 8.40. The van der Waals surface area contributed by atoms with Crippen LogP contribution in [-0.4, -0.2) is 16.2 Å². The number of carboxylic acid groups (broad SMARTS) is 1. The lowest BCUT2D eigenvalue weighted by atomic mass is 10.0. The maximum Gasteiger partial charge on any atom is 0.303 e. The molecule has 0 heterocycles. The minimum Gasteiger partial charge on any atom is -0.481 e. The van der Waals surface area contributed by atoms with Crippen LogP contribution in [0.15, 0.2) is 22.7 Å². The van der Waals surface area contributed by atoms with Crippen molar-refractivity contribution in [2.24, 2.45) is 0 Å². The van der Waals surface area contributed by atoms with Gasteiger partial charge < -0.3 is 10.2 Å². The summed E-state index contributed by atoms with van der Waals surface area (Å²) < 4.78 is 0.983. The van der Waals surface area contributed by atoms with Crippen molar-refractivity contribution in [1.82, 2.24) is 0 Å². The second-order valence-electron chi connectivity index (χ2n) is 3.46. The van der Waals surface area contributed by atoms with Gasteiger partial charge in [0.15, 0.2) is 0 Å². The summed E-state index contributed by atoms with van der Waals surface area (Å²) in [7, 11) is 0. The van der Waals surface area contributed by atoms with E-state index in [4.69, 9.17) is 5.11 Å². The number of rotatable bonds is 4. The van der Waals surface area contributed by atoms with Gasteiger partial charge in [-0.05, 0) is 30.5 Å². The Morgan fingerprint density at radius 1 is 1.53 bits per heavy atom. The Bertz CT molecular complexity index is 363. The third-order valence-electron chi connectivity index (χ3n) is 2.20. The summed E-state index contributed by atoms with van der Waals surface area (Å²) in [4.78, 5) is 10.3. The summed E-state index contributed by atoms with van der Waals surface area (Å²) in [6.45, 7) is 1.93. The lowest BCUT2D eigenvalue weighted by molar-refractivity contribution is -0.137. The molecule has 0 radical (unpaired) electrons. The summed E-state index contributed by atoms with van der Waals surface area (Å²) in [6, 6.07) is 5.51. The van der Waals surface area contributed by atoms with E-state index in [-0.39, 0.29) is 12.8 Å². The summed E-state index contributed by atoms with van der Waals surface area (Å²) in [5.41, 5.74) is 1.79. The topological polar surface area (TPSA) is 57.5 Å². The fourth-order valence-corrected chi connectivity index (χ4v) is 1.55. The van der Waals surface area contributed by atoms with Gasteiger partial charge in [-0.25, -0.2) is 0 Å². The molecule has 2 N–H and O–H groups in total. The van der Waals surface area contributed by atoms with Crippen molar-refractivity contribution in [3.05, 3.63) is 33.8 Å². The zero-order valence-corrected chi connectivity index (χ0v) is 9.99. The number of hydrogen-bond acceptors (Lipinski definition) is 2. The van der Waals surface area contributed by atoms with Crippen LogP contribution in [0.3, 0.4) is 0 Å². The van der Waals surface area contributed by atoms with Crippen LogP contribution in [0.5, 0.6) is 0 Å². The molecule has 0 saturated carbocycles. The monoisotopic (exact) mass is 272 g/mol. The lowest BCUT2D eigenvalue weighted by Gasteiger charge is -2.10. The van der Waals surface area contributed by atoms with Crippen molar-refractivity contribution in [2.45, 2.75) is 25.9 Å². The maximum absolute atomic E-state index is 10.3. The largest absolute Gasteiger partial charge is 0.481 e. The molecule has 1 atom stereocenters. The van der Waals surface area contributed by atoms with Gasteiger partial charge in [0.05, 0.1) is 6.10 Å². The maximum atomic E-state index is 10.3. The summed E-state index contributed by atoms with van der Waals surface area (Å²) in [5, 5.41) is 18.2. The number of aryl methyl sites for hydroxylation is 1. The Labute approximate surface area is 96.9 Å². The molecule has 0 saturated heterocycles. The van der Waals surface area contributed by atoms with E-state index in [2.05, 4.69) is 15.9 Å². The first-order valence-corrected chi connectivity index (χ1v) is 5.46. The minimum atomic E-state index is -0.886. The molecule has 1 rings (SSSR count). The van der Waals surface area contributed by atoms with Crippen molar-refractivity contribution < 1.29 is 15.0 Å². The molecular formula is C11H13BrO3. The molecule has 4 heteroatoms. The third-order valence-corrected chi connectivity index (χ3v) is 3.09. The van der Waals surface area contributed by atoms with Gasteiger partial charge in [-0.15, -0.1) is 0 Å². The van der Waals surface area contributed by atoms with Crippen LogP contribution in [0.1, 0.15) is 30.1 Å². The highest BCUT2D eigenvalue weighted by Gasteiger charge is 2.10. The van der Waals surface area contributed by atoms with Gasteiger partial charge in [0.2, 0.25) is 0 Å². The van der Waals surface area contributed by atoms with Gasteiger partial charge in [-0.2, -0.15) is 0 Å². The Balaban J connectivity index is 2.69. The Hall–Kier alpha value is -0.870. The van der Waals surface area contributed by atoms with E-state index >= 15 is 0 Å². The van der Waals surface area contributed by atoms with Crippen LogP contribution in [0.4, 0.5) is 0 Å². The number of benzene rings is 1. The van der Waals surface area contributed by atoms with Crippen LogP contribution in [-0.2, 0) is 4.79 Å². The molecule has 1 aromatic rings. The molecule has 1 aromatic carbocycles. The molecule has 0 aromatic heterocycles. The van der Waals surface area contributed by atoms with E-state index < -0.39 is 12.1 Å². The van der Waals surface area contributed by atoms with Gasteiger partial charge in [-0.1, -0.05) is 28.1 Å². The Kier molecular flexibility index (Phi) is 4.29. The third kappa shape index (κ3) is 3.64. The molecule has 15 heavy (non-hydrogen) atoms. The highest BCUT2D eigenvalue weighted by molar-refractivity contribution is 9.10. The van der Waals surface area contributed by atoms with Gasteiger partial charge >= 0.3 is 5.97 Å². The molecule has 82 valence electrons. The van der Waals surface area contributed by atoms with E-state index in [0.717, 1.165) is 15.6 Å². The molecule has 0 aliphatic heterocycles. The van der Waals surface area contributed by atoms with E-state index in [0.29, 0.717) is 0 Å². The zero-order chi connectivity index (χ0) is 11.4. The molecule has 0 aliphatic carbocycles. The molecule has 0 spiro atoms. The first kappa shape index (κ1) is 12.2. The van der Waals surface area contributed by atoms with Crippen molar-refractivity contribution in [2.75, 3.05) is 0 Å². The van der Waals surface area contributed by atoms with Crippen molar-refractivity contribution in [3.63, 3.8) is 0 Å². The lowest BCUT2D eigenvalue weighted by Crippen LogP contribution is -2.02. The van der Waals surface area contributed by atoms with E-state index in [1.165, 1.54) is 0 Å². The average Bonchev–Trinajstić information content (AvgIpc) is 2.18. The van der Waals surface area contributed by atoms with Crippen molar-refractivity contribution in [3.8, 4) is 0 Å². The number of carboxylic acids is 1. The fourth-order valence-electron chi connectivity index (χ4n) is 1.30. The Morgan fingerprint density at radius 2 is 2.20 bits per heavy atom. The standard InChI is InChI=1S/C11H13BrO3/c1-7-6-8(2-3-9(7)12)10(13)4-5-11(14)15/h2-3,6,10,13H,4-5H2,1H3,(H,14,15). The molecule has 0 aliphatic rings. The molecule has 0 fully saturated rings. The molecule has 3 nitrogen and oxygen atoms in total. The minimum absolute atomic E-state index is 0.0176. The first-order valence-electron chi connectivity index (χ1n) is 4.66. The summed E-state index contributed by atoms with van der Waals surface area (Å²) in [6.07, 6.45) is -0.472. The fraction of sp³-hybridized carbons (Fsp3) is 0.364. The average molecular weight is 273 g/mol. The highest BCUT2D eigenvalue weighted by atomic mass is 79.9. The van der Waals surface area contributed by atoms with Gasteiger partial charge in [0, 0.05) is 10.9 Å². The van der Waals surface area contributed by atoms with E-state index in [1.807, 2.05) is 19.1 Å². The van der Waals surface area contributed by atoms with Crippen molar-refractivity contribution >= 4 is 21.9 Å². The van der Waals surface area contributed by atoms with Crippen LogP contribution in [0.25, 0.3) is 0 Å². The number of aliphatic hydroxyl groups is 1. The Morgan fingerprint density at radius 3 is 2.73 bits per heavy atom. The normalized spacial score (nSPS) is 12.5. The van der Waals surface area contributed by atoms with Gasteiger partial charge in [0.25, 0.3) is 0 Å². The van der Waals surface area contributed by atoms with Crippen LogP contribution in [0.2, 0.25) is 0 Å². The number of aliphatic hydroxyl groups excluding tert-OH is 1. The van der Waals surface area contributed by atoms with Crippen LogP contribution < -0.4 is 0 Å². The van der Waals surface area contributed by atoms with Crippen molar-refractivity contribution in [1.29, 1.82) is 0 Å². The number of carbonyl (C=O) groups is 1. The molecule has 0 amide bonds. The molecular weight excluding hydrogens is 260 g/mol. The SMILES string of the molecule is Cc1cc(C(O)CCC(=O)O)ccc1Br. The second-order valence-corrected chi connectivity index (χ2v) is 4.31. The van der Waals surface area contributed by atoms with Crippen LogP contribution >= 0.6 is 15.9 Å². The summed E-state index contributed by atoms with van der Waals surface area (Å²) in [5.74, 6) is -0.886. The number of halogens is 1. The summed E-state index contributed by atoms with van der Waals surface area (Å²) >= 11 is 3.36. The first-order chi connectivity index (χ1) is 7.00. The second kappa shape index (κ2) is 5.28. The van der Waals surface area contributed by atoms with Gasteiger partial charge in [-0.3, -0.25) is 4.79 Å². The van der Waals surface area contributed by atoms with Gasteiger partial charge in [0.1, 0.15) is 0 Å². The predicted octanol–water partition coefficient (Wildman–Crippen LogP) is 2.66. The molecule has 1 unspecified atom stereocenters. The number of aliphatic carboxylic acids is 1. The highest BCUT2D eigenvalue weighted by Crippen LogP contribution is 2.23. The number of hydrogen-bond donors (Lipinski definition) is 2. The molecule has 0 bridgehead atoms. The predicted molar refractivity (Wildman–Crippen MR) is 60.7 cm³/mol. The quantitative estimate of drug-likeness (QED) is 0.886. The van der Waals surface area contributed by atoms with Crippen LogP contribution in [0, 0.1) is 6.92 Å².